The van der Waals surface area contributed by atoms with Gasteiger partial charge in [-0.3, -0.25) is 4.79 Å². The van der Waals surface area contributed by atoms with Gasteiger partial charge in [0, 0.05) is 43.7 Å². The summed E-state index contributed by atoms with van der Waals surface area (Å²) in [5.74, 6) is -0.320. The molecule has 2 fully saturated rings. The second-order valence-corrected chi connectivity index (χ2v) is 6.57. The molecule has 24 heavy (non-hydrogen) atoms. The Kier molecular flexibility index (Phi) is 3.54. The van der Waals surface area contributed by atoms with Crippen molar-refractivity contribution in [1.29, 1.82) is 5.26 Å². The van der Waals surface area contributed by atoms with Crippen LogP contribution in [-0.2, 0) is 0 Å². The highest BCUT2D eigenvalue weighted by atomic mass is 19.1. The van der Waals surface area contributed by atoms with Crippen LogP contribution in [-0.4, -0.2) is 30.7 Å². The molecule has 124 valence electrons. The first-order valence-corrected chi connectivity index (χ1v) is 8.36. The summed E-state index contributed by atoms with van der Waals surface area (Å²) in [6, 6.07) is 4.99. The first-order valence-electron chi connectivity index (χ1n) is 8.36. The Hall–Kier alpha value is -2.39. The van der Waals surface area contributed by atoms with Crippen LogP contribution in [0.2, 0.25) is 0 Å². The Balaban J connectivity index is 2.05. The lowest BCUT2D eigenvalue weighted by molar-refractivity contribution is 0.565. The van der Waals surface area contributed by atoms with Gasteiger partial charge in [0.25, 0.3) is 5.56 Å². The number of rotatable bonds is 2. The molecule has 4 rings (SSSR count). The summed E-state index contributed by atoms with van der Waals surface area (Å²) in [6.07, 6.45) is 1.92. The number of hydrogen-bond donors (Lipinski definition) is 1. The number of benzene rings is 1. The summed E-state index contributed by atoms with van der Waals surface area (Å²) in [6.45, 7) is 4.95. The number of nitriles is 1. The molecule has 0 amide bonds. The van der Waals surface area contributed by atoms with E-state index in [0.29, 0.717) is 11.1 Å². The van der Waals surface area contributed by atoms with Crippen LogP contribution in [0.4, 0.5) is 10.1 Å². The molecule has 1 N–H and O–H groups in total. The predicted octanol–water partition coefficient (Wildman–Crippen LogP) is 2.07. The van der Waals surface area contributed by atoms with E-state index in [4.69, 9.17) is 0 Å². The molecule has 0 atom stereocenters. The van der Waals surface area contributed by atoms with Gasteiger partial charge in [0.15, 0.2) is 0 Å². The van der Waals surface area contributed by atoms with Gasteiger partial charge in [-0.2, -0.15) is 5.26 Å². The summed E-state index contributed by atoms with van der Waals surface area (Å²) in [7, 11) is 0. The molecule has 0 radical (unpaired) electrons. The Morgan fingerprint density at radius 3 is 2.62 bits per heavy atom. The number of halogens is 1. The van der Waals surface area contributed by atoms with Crippen molar-refractivity contribution in [1.82, 2.24) is 9.88 Å². The molecule has 2 aromatic rings. The van der Waals surface area contributed by atoms with Gasteiger partial charge >= 0.3 is 0 Å². The Bertz CT molecular complexity index is 917. The molecule has 0 unspecified atom stereocenters. The van der Waals surface area contributed by atoms with Crippen molar-refractivity contribution in [2.75, 3.05) is 31.1 Å². The standard InChI is InChI=1S/C18H19FN4O/c1-11-17-14(9-15(19)18(11)22-6-4-21-5-7-22)12(10-20)8-16(24)23(17)13-2-3-13/h8-9,13,21H,2-7H2,1H3. The third kappa shape index (κ3) is 2.28. The SMILES string of the molecule is Cc1c(N2CCNCC2)c(F)cc2c(C#N)cc(=O)n(C3CC3)c12. The maximum Gasteiger partial charge on any atom is 0.252 e. The van der Waals surface area contributed by atoms with E-state index >= 15 is 0 Å². The highest BCUT2D eigenvalue weighted by Crippen LogP contribution is 2.39. The van der Waals surface area contributed by atoms with Crippen LogP contribution in [0.15, 0.2) is 16.9 Å². The quantitative estimate of drug-likeness (QED) is 0.918. The average molecular weight is 326 g/mol. The maximum absolute atomic E-state index is 14.9. The fraction of sp³-hybridized carbons (Fsp3) is 0.444. The first-order chi connectivity index (χ1) is 11.6. The van der Waals surface area contributed by atoms with Crippen molar-refractivity contribution in [3.63, 3.8) is 0 Å². The zero-order valence-corrected chi connectivity index (χ0v) is 13.6. The van der Waals surface area contributed by atoms with Gasteiger partial charge in [-0.15, -0.1) is 0 Å². The maximum atomic E-state index is 14.9. The molecule has 0 spiro atoms. The van der Waals surface area contributed by atoms with E-state index in [-0.39, 0.29) is 23.0 Å². The third-order valence-corrected chi connectivity index (χ3v) is 4.96. The van der Waals surface area contributed by atoms with Crippen LogP contribution < -0.4 is 15.8 Å². The van der Waals surface area contributed by atoms with Crippen molar-refractivity contribution >= 4 is 16.6 Å². The number of nitrogens with zero attached hydrogens (tertiary/aromatic N) is 3. The van der Waals surface area contributed by atoms with Crippen LogP contribution in [0.5, 0.6) is 0 Å². The molecule has 1 aromatic carbocycles. The predicted molar refractivity (Wildman–Crippen MR) is 91.0 cm³/mol. The number of fused-ring (bicyclic) bond motifs is 1. The van der Waals surface area contributed by atoms with Crippen LogP contribution in [0.1, 0.15) is 30.0 Å². The molecule has 2 heterocycles. The number of aromatic nitrogens is 1. The average Bonchev–Trinajstić information content (AvgIpc) is 3.40. The van der Waals surface area contributed by atoms with Gasteiger partial charge in [-0.05, 0) is 31.4 Å². The third-order valence-electron chi connectivity index (χ3n) is 4.96. The largest absolute Gasteiger partial charge is 0.366 e. The Labute approximate surface area is 139 Å². The normalized spacial score (nSPS) is 18.0. The zero-order valence-electron chi connectivity index (χ0n) is 13.6. The van der Waals surface area contributed by atoms with E-state index in [0.717, 1.165) is 50.1 Å². The van der Waals surface area contributed by atoms with Gasteiger partial charge in [-0.1, -0.05) is 0 Å². The van der Waals surface area contributed by atoms with E-state index in [2.05, 4.69) is 5.32 Å². The molecular weight excluding hydrogens is 307 g/mol. The lowest BCUT2D eigenvalue weighted by Gasteiger charge is -2.31. The van der Waals surface area contributed by atoms with Crippen molar-refractivity contribution in [2.45, 2.75) is 25.8 Å². The summed E-state index contributed by atoms with van der Waals surface area (Å²) in [5, 5.41) is 13.2. The molecule has 6 heteroatoms. The van der Waals surface area contributed by atoms with E-state index in [1.54, 1.807) is 4.57 Å². The molecule has 1 saturated heterocycles. The summed E-state index contributed by atoms with van der Waals surface area (Å²) < 4.78 is 16.6. The molecule has 0 bridgehead atoms. The summed E-state index contributed by atoms with van der Waals surface area (Å²) >= 11 is 0. The lowest BCUT2D eigenvalue weighted by atomic mass is 10.0. The summed E-state index contributed by atoms with van der Waals surface area (Å²) in [5.41, 5.74) is 2.13. The van der Waals surface area contributed by atoms with Crippen LogP contribution in [0, 0.1) is 24.1 Å². The number of piperazine rings is 1. The van der Waals surface area contributed by atoms with Crippen molar-refractivity contribution in [3.8, 4) is 6.07 Å². The fourth-order valence-electron chi connectivity index (χ4n) is 3.72. The second kappa shape index (κ2) is 5.60. The van der Waals surface area contributed by atoms with Crippen LogP contribution in [0.3, 0.4) is 0 Å². The van der Waals surface area contributed by atoms with E-state index in [1.807, 2.05) is 17.9 Å². The Morgan fingerprint density at radius 2 is 2.00 bits per heavy atom. The van der Waals surface area contributed by atoms with Crippen LogP contribution in [0.25, 0.3) is 10.9 Å². The molecule has 2 aliphatic rings. The number of nitrogens with one attached hydrogen (secondary N) is 1. The highest BCUT2D eigenvalue weighted by Gasteiger charge is 2.29. The smallest absolute Gasteiger partial charge is 0.252 e. The highest BCUT2D eigenvalue weighted by molar-refractivity contribution is 5.92. The van der Waals surface area contributed by atoms with Crippen LogP contribution >= 0.6 is 0 Å². The van der Waals surface area contributed by atoms with Gasteiger partial charge in [-0.25, -0.2) is 4.39 Å². The van der Waals surface area contributed by atoms with Crippen molar-refractivity contribution in [2.24, 2.45) is 0 Å². The van der Waals surface area contributed by atoms with Crippen molar-refractivity contribution in [3.05, 3.63) is 39.4 Å². The Morgan fingerprint density at radius 1 is 1.29 bits per heavy atom. The van der Waals surface area contributed by atoms with E-state index < -0.39 is 0 Å². The molecule has 1 aromatic heterocycles. The van der Waals surface area contributed by atoms with Gasteiger partial charge in [0.2, 0.25) is 0 Å². The molecule has 1 aliphatic carbocycles. The minimum Gasteiger partial charge on any atom is -0.366 e. The number of anilines is 1. The molecular formula is C18H19FN4O. The molecule has 1 saturated carbocycles. The minimum absolute atomic E-state index is 0.164. The molecule has 1 aliphatic heterocycles. The number of aryl methyl sites for hydroxylation is 1. The number of pyridine rings is 1. The zero-order chi connectivity index (χ0) is 16.8. The first kappa shape index (κ1) is 15.2. The van der Waals surface area contributed by atoms with Gasteiger partial charge < -0.3 is 14.8 Å². The second-order valence-electron chi connectivity index (χ2n) is 6.57. The van der Waals surface area contributed by atoms with Gasteiger partial charge in [0.1, 0.15) is 11.9 Å². The van der Waals surface area contributed by atoms with Gasteiger partial charge in [0.05, 0.1) is 16.8 Å². The van der Waals surface area contributed by atoms with E-state index in [9.17, 15) is 14.4 Å². The molecule has 5 nitrogen and oxygen atoms in total. The summed E-state index contributed by atoms with van der Waals surface area (Å²) in [4.78, 5) is 14.5. The minimum atomic E-state index is -0.320. The number of hydrogen-bond acceptors (Lipinski definition) is 4. The van der Waals surface area contributed by atoms with E-state index in [1.165, 1.54) is 12.1 Å². The monoisotopic (exact) mass is 326 g/mol. The van der Waals surface area contributed by atoms with Crippen molar-refractivity contribution < 1.29 is 4.39 Å². The lowest BCUT2D eigenvalue weighted by Crippen LogP contribution is -2.44. The fourth-order valence-corrected chi connectivity index (χ4v) is 3.72. The topological polar surface area (TPSA) is 61.1 Å².